The summed E-state index contributed by atoms with van der Waals surface area (Å²) >= 11 is 7.90. The molecular formula is C17H16ClIN2O3. The second-order valence-electron chi connectivity index (χ2n) is 5.16. The number of hydrogen-bond donors (Lipinski definition) is 2. The van der Waals surface area contributed by atoms with Crippen LogP contribution in [0, 0.1) is 17.4 Å². The van der Waals surface area contributed by atoms with E-state index in [4.69, 9.17) is 16.3 Å². The molecule has 2 amide bonds. The SMILES string of the molecule is Cc1ccc(OCC(=O)NNC(=O)c2cc(Cl)ccc2I)cc1C. The molecule has 5 nitrogen and oxygen atoms in total. The zero-order chi connectivity index (χ0) is 17.7. The fourth-order valence-electron chi connectivity index (χ4n) is 1.85. The number of ether oxygens (including phenoxy) is 1. The average Bonchev–Trinajstić information content (AvgIpc) is 2.56. The van der Waals surface area contributed by atoms with Crippen LogP contribution in [0.25, 0.3) is 0 Å². The first-order chi connectivity index (χ1) is 11.4. The summed E-state index contributed by atoms with van der Waals surface area (Å²) in [5, 5.41) is 0.449. The zero-order valence-electron chi connectivity index (χ0n) is 13.2. The largest absolute Gasteiger partial charge is 0.484 e. The molecule has 126 valence electrons. The summed E-state index contributed by atoms with van der Waals surface area (Å²) in [5.41, 5.74) is 7.27. The van der Waals surface area contributed by atoms with Crippen LogP contribution in [0.3, 0.4) is 0 Å². The highest BCUT2D eigenvalue weighted by Crippen LogP contribution is 2.18. The lowest BCUT2D eigenvalue weighted by Gasteiger charge is -2.10. The van der Waals surface area contributed by atoms with Crippen molar-refractivity contribution in [1.29, 1.82) is 0 Å². The van der Waals surface area contributed by atoms with Crippen LogP contribution in [0.4, 0.5) is 0 Å². The third kappa shape index (κ3) is 5.10. The summed E-state index contributed by atoms with van der Waals surface area (Å²) in [7, 11) is 0. The van der Waals surface area contributed by atoms with E-state index in [1.54, 1.807) is 18.2 Å². The quantitative estimate of drug-likeness (QED) is 0.545. The lowest BCUT2D eigenvalue weighted by atomic mass is 10.1. The Morgan fingerprint density at radius 3 is 2.54 bits per heavy atom. The predicted molar refractivity (Wildman–Crippen MR) is 101 cm³/mol. The summed E-state index contributed by atoms with van der Waals surface area (Å²) < 4.78 is 6.13. The van der Waals surface area contributed by atoms with E-state index in [0.717, 1.165) is 14.7 Å². The van der Waals surface area contributed by atoms with Gasteiger partial charge in [-0.15, -0.1) is 0 Å². The van der Waals surface area contributed by atoms with Crippen LogP contribution in [0.1, 0.15) is 21.5 Å². The third-order valence-corrected chi connectivity index (χ3v) is 4.51. The first-order valence-electron chi connectivity index (χ1n) is 7.11. The van der Waals surface area contributed by atoms with E-state index in [-0.39, 0.29) is 6.61 Å². The van der Waals surface area contributed by atoms with Crippen molar-refractivity contribution in [2.75, 3.05) is 6.61 Å². The van der Waals surface area contributed by atoms with Gasteiger partial charge in [-0.1, -0.05) is 17.7 Å². The molecule has 2 N–H and O–H groups in total. The minimum atomic E-state index is -0.460. The second-order valence-corrected chi connectivity index (χ2v) is 6.76. The van der Waals surface area contributed by atoms with Crippen molar-refractivity contribution in [3.8, 4) is 5.75 Å². The van der Waals surface area contributed by atoms with Crippen LogP contribution in [-0.4, -0.2) is 18.4 Å². The Labute approximate surface area is 158 Å². The molecule has 0 aliphatic carbocycles. The van der Waals surface area contributed by atoms with Crippen molar-refractivity contribution in [2.45, 2.75) is 13.8 Å². The second kappa shape index (κ2) is 8.34. The van der Waals surface area contributed by atoms with Crippen LogP contribution < -0.4 is 15.6 Å². The van der Waals surface area contributed by atoms with Gasteiger partial charge in [0.1, 0.15) is 5.75 Å². The number of carbonyl (C=O) groups excluding carboxylic acids is 2. The molecule has 0 bridgehead atoms. The molecule has 0 atom stereocenters. The van der Waals surface area contributed by atoms with Crippen LogP contribution in [0.2, 0.25) is 5.02 Å². The zero-order valence-corrected chi connectivity index (χ0v) is 16.1. The summed E-state index contributed by atoms with van der Waals surface area (Å²) in [5.74, 6) is -0.302. The number of hydrazine groups is 1. The summed E-state index contributed by atoms with van der Waals surface area (Å²) in [6.45, 7) is 3.77. The van der Waals surface area contributed by atoms with Gasteiger partial charge in [0.2, 0.25) is 0 Å². The van der Waals surface area contributed by atoms with Gasteiger partial charge in [0.15, 0.2) is 6.61 Å². The maximum atomic E-state index is 12.0. The molecule has 0 heterocycles. The van der Waals surface area contributed by atoms with E-state index in [2.05, 4.69) is 10.9 Å². The van der Waals surface area contributed by atoms with E-state index in [0.29, 0.717) is 16.3 Å². The van der Waals surface area contributed by atoms with Crippen LogP contribution in [0.15, 0.2) is 36.4 Å². The van der Waals surface area contributed by atoms with Gasteiger partial charge in [-0.3, -0.25) is 20.4 Å². The molecule has 0 saturated carbocycles. The van der Waals surface area contributed by atoms with Gasteiger partial charge in [0.05, 0.1) is 5.56 Å². The number of aryl methyl sites for hydroxylation is 2. The van der Waals surface area contributed by atoms with Crippen molar-refractivity contribution in [3.05, 3.63) is 61.7 Å². The lowest BCUT2D eigenvalue weighted by Crippen LogP contribution is -2.44. The number of nitrogens with one attached hydrogen (secondary N) is 2. The molecule has 0 radical (unpaired) electrons. The number of hydrogen-bond acceptors (Lipinski definition) is 3. The van der Waals surface area contributed by atoms with Gasteiger partial charge in [-0.25, -0.2) is 0 Å². The molecule has 2 aromatic carbocycles. The van der Waals surface area contributed by atoms with Gasteiger partial charge >= 0.3 is 0 Å². The summed E-state index contributed by atoms with van der Waals surface area (Å²) in [4.78, 5) is 23.8. The topological polar surface area (TPSA) is 67.4 Å². The van der Waals surface area contributed by atoms with E-state index in [1.165, 1.54) is 6.07 Å². The van der Waals surface area contributed by atoms with Crippen LogP contribution in [0.5, 0.6) is 5.75 Å². The minimum absolute atomic E-state index is 0.199. The highest BCUT2D eigenvalue weighted by Gasteiger charge is 2.12. The van der Waals surface area contributed by atoms with Gasteiger partial charge < -0.3 is 4.74 Å². The van der Waals surface area contributed by atoms with Crippen molar-refractivity contribution in [1.82, 2.24) is 10.9 Å². The van der Waals surface area contributed by atoms with E-state index in [9.17, 15) is 9.59 Å². The standard InChI is InChI=1S/C17H16ClIN2O3/c1-10-3-5-13(7-11(10)2)24-9-16(22)20-21-17(23)14-8-12(18)4-6-15(14)19/h3-8H,9H2,1-2H3,(H,20,22)(H,21,23). The number of halogens is 2. The molecule has 2 rings (SSSR count). The Hall–Kier alpha value is -1.80. The highest BCUT2D eigenvalue weighted by atomic mass is 127. The number of benzene rings is 2. The molecule has 7 heteroatoms. The van der Waals surface area contributed by atoms with Gasteiger partial charge in [-0.2, -0.15) is 0 Å². The molecule has 0 aliphatic rings. The Morgan fingerprint density at radius 2 is 1.83 bits per heavy atom. The summed E-state index contributed by atoms with van der Waals surface area (Å²) in [6.07, 6.45) is 0. The molecule has 24 heavy (non-hydrogen) atoms. The van der Waals surface area contributed by atoms with E-state index >= 15 is 0 Å². The minimum Gasteiger partial charge on any atom is -0.484 e. The van der Waals surface area contributed by atoms with Crippen molar-refractivity contribution < 1.29 is 14.3 Å². The summed E-state index contributed by atoms with van der Waals surface area (Å²) in [6, 6.07) is 10.5. The normalized spacial score (nSPS) is 10.2. The fourth-order valence-corrected chi connectivity index (χ4v) is 2.61. The Bertz CT molecular complexity index is 780. The maximum Gasteiger partial charge on any atom is 0.276 e. The predicted octanol–water partition coefficient (Wildman–Crippen LogP) is 3.40. The lowest BCUT2D eigenvalue weighted by molar-refractivity contribution is -0.123. The van der Waals surface area contributed by atoms with Gasteiger partial charge in [0.25, 0.3) is 11.8 Å². The van der Waals surface area contributed by atoms with Crippen molar-refractivity contribution in [2.24, 2.45) is 0 Å². The van der Waals surface area contributed by atoms with E-state index < -0.39 is 11.8 Å². The Kier molecular flexibility index (Phi) is 6.44. The maximum absolute atomic E-state index is 12.0. The molecule has 0 aromatic heterocycles. The van der Waals surface area contributed by atoms with E-state index in [1.807, 2.05) is 48.6 Å². The van der Waals surface area contributed by atoms with Gasteiger partial charge in [0, 0.05) is 8.59 Å². The molecule has 0 fully saturated rings. The highest BCUT2D eigenvalue weighted by molar-refractivity contribution is 14.1. The molecular weight excluding hydrogens is 443 g/mol. The number of carbonyl (C=O) groups is 2. The molecule has 2 aromatic rings. The molecule has 0 spiro atoms. The van der Waals surface area contributed by atoms with Gasteiger partial charge in [-0.05, 0) is 77.9 Å². The molecule has 0 saturated heterocycles. The fraction of sp³-hybridized carbons (Fsp3) is 0.176. The van der Waals surface area contributed by atoms with Crippen LogP contribution in [-0.2, 0) is 4.79 Å². The average molecular weight is 459 g/mol. The third-order valence-electron chi connectivity index (χ3n) is 3.34. The smallest absolute Gasteiger partial charge is 0.276 e. The number of rotatable bonds is 4. The Balaban J connectivity index is 1.85. The van der Waals surface area contributed by atoms with Crippen molar-refractivity contribution in [3.63, 3.8) is 0 Å². The first-order valence-corrected chi connectivity index (χ1v) is 8.57. The first kappa shape index (κ1) is 18.5. The van der Waals surface area contributed by atoms with Crippen molar-refractivity contribution >= 4 is 46.0 Å². The molecule has 0 aliphatic heterocycles. The monoisotopic (exact) mass is 458 g/mol. The van der Waals surface area contributed by atoms with Crippen LogP contribution >= 0.6 is 34.2 Å². The molecule has 0 unspecified atom stereocenters. The Morgan fingerprint density at radius 1 is 1.08 bits per heavy atom. The number of amides is 2.